The van der Waals surface area contributed by atoms with Gasteiger partial charge in [-0.1, -0.05) is 53.2 Å². The van der Waals surface area contributed by atoms with Gasteiger partial charge in [0, 0.05) is 32.4 Å². The minimum atomic E-state index is 0.435. The van der Waals surface area contributed by atoms with Crippen LogP contribution in [0.3, 0.4) is 0 Å². The first-order valence-corrected chi connectivity index (χ1v) is 15.3. The highest BCUT2D eigenvalue weighted by atomic mass is 16.5. The molecule has 1 aliphatic carbocycles. The molecule has 3 aromatic rings. The van der Waals surface area contributed by atoms with Crippen LogP contribution in [-0.2, 0) is 4.74 Å². The Morgan fingerprint density at radius 3 is 2.26 bits per heavy atom. The topological polar surface area (TPSA) is 45.9 Å². The molecule has 0 amide bonds. The second kappa shape index (κ2) is 13.3. The van der Waals surface area contributed by atoms with E-state index in [4.69, 9.17) is 9.72 Å². The van der Waals surface area contributed by atoms with Crippen molar-refractivity contribution < 1.29 is 4.74 Å². The number of anilines is 1. The van der Waals surface area contributed by atoms with Gasteiger partial charge in [0.1, 0.15) is 5.82 Å². The summed E-state index contributed by atoms with van der Waals surface area (Å²) in [5.41, 5.74) is 2.79. The SMILES string of the molecule is CC.CCC(C)CC1(CC)CN(C)C1.c1ccc2c(c1)nc1nc(N3CCC(OC4CCC4)CC3)ccn12. The zero-order valence-electron chi connectivity index (χ0n) is 24.8. The van der Waals surface area contributed by atoms with Crippen molar-refractivity contribution in [2.75, 3.05) is 38.1 Å². The normalized spacial score (nSPS) is 20.6. The van der Waals surface area contributed by atoms with E-state index in [1.165, 1.54) is 51.6 Å². The predicted molar refractivity (Wildman–Crippen MR) is 160 cm³/mol. The standard InChI is InChI=1S/C19H22N4O.C11H23N.C2H6/c1-2-7-17-16(6-1)20-19-21-18(10-13-23(17)19)22-11-8-15(9-12-22)24-14-4-3-5-14;1-5-10(3)7-11(6-2)8-12(4)9-11;1-2/h1-2,6-7,10,13-15H,3-5,8-9,11-12H2;10H,5-9H2,1-4H3;1-2H3. The number of aromatic nitrogens is 3. The maximum Gasteiger partial charge on any atom is 0.236 e. The van der Waals surface area contributed by atoms with Crippen molar-refractivity contribution in [3.63, 3.8) is 0 Å². The Balaban J connectivity index is 0.000000204. The van der Waals surface area contributed by atoms with Crippen molar-refractivity contribution >= 4 is 22.6 Å². The van der Waals surface area contributed by atoms with Gasteiger partial charge in [-0.3, -0.25) is 4.40 Å². The number of para-hydroxylation sites is 2. The van der Waals surface area contributed by atoms with Crippen molar-refractivity contribution in [1.82, 2.24) is 19.3 Å². The molecular weight excluding hydrogens is 470 g/mol. The van der Waals surface area contributed by atoms with Crippen LogP contribution >= 0.6 is 0 Å². The molecule has 4 heterocycles. The molecule has 1 aromatic carbocycles. The maximum atomic E-state index is 6.16. The van der Waals surface area contributed by atoms with Crippen LogP contribution in [-0.4, -0.2) is 64.7 Å². The number of ether oxygens (including phenoxy) is 1. The summed E-state index contributed by atoms with van der Waals surface area (Å²) < 4.78 is 8.22. The van der Waals surface area contributed by atoms with E-state index in [0.29, 0.717) is 17.6 Å². The van der Waals surface area contributed by atoms with Crippen LogP contribution in [0.1, 0.15) is 86.0 Å². The van der Waals surface area contributed by atoms with Crippen LogP contribution in [0.2, 0.25) is 0 Å². The fourth-order valence-corrected chi connectivity index (χ4v) is 6.19. The molecule has 0 spiro atoms. The Bertz CT molecular complexity index is 1130. The van der Waals surface area contributed by atoms with E-state index in [1.807, 2.05) is 32.0 Å². The van der Waals surface area contributed by atoms with E-state index in [9.17, 15) is 0 Å². The molecule has 0 bridgehead atoms. The summed E-state index contributed by atoms with van der Waals surface area (Å²) in [5, 5.41) is 0. The average molecular weight is 522 g/mol. The van der Waals surface area contributed by atoms with Crippen LogP contribution in [0.4, 0.5) is 5.82 Å². The lowest BCUT2D eigenvalue weighted by molar-refractivity contribution is -0.0596. The fourth-order valence-electron chi connectivity index (χ4n) is 6.19. The van der Waals surface area contributed by atoms with E-state index in [-0.39, 0.29) is 0 Å². The lowest BCUT2D eigenvalue weighted by Gasteiger charge is -2.49. The summed E-state index contributed by atoms with van der Waals surface area (Å²) in [6, 6.07) is 10.3. The first kappa shape index (κ1) is 28.8. The molecule has 38 heavy (non-hydrogen) atoms. The van der Waals surface area contributed by atoms with E-state index < -0.39 is 0 Å². The molecule has 0 radical (unpaired) electrons. The predicted octanol–water partition coefficient (Wildman–Crippen LogP) is 7.21. The summed E-state index contributed by atoms with van der Waals surface area (Å²) in [6.07, 6.45) is 13.2. The summed E-state index contributed by atoms with van der Waals surface area (Å²) in [7, 11) is 2.23. The van der Waals surface area contributed by atoms with Crippen LogP contribution in [0.25, 0.3) is 16.8 Å². The molecule has 1 atom stereocenters. The number of benzene rings is 1. The number of hydrogen-bond donors (Lipinski definition) is 0. The number of hydrogen-bond acceptors (Lipinski definition) is 5. The van der Waals surface area contributed by atoms with Gasteiger partial charge in [0.2, 0.25) is 5.78 Å². The number of imidazole rings is 1. The highest BCUT2D eigenvalue weighted by Crippen LogP contribution is 2.39. The zero-order valence-corrected chi connectivity index (χ0v) is 24.8. The molecule has 2 aromatic heterocycles. The van der Waals surface area contributed by atoms with E-state index in [1.54, 1.807) is 0 Å². The minimum absolute atomic E-state index is 0.435. The van der Waals surface area contributed by atoms with E-state index in [2.05, 4.69) is 65.3 Å². The van der Waals surface area contributed by atoms with Crippen molar-refractivity contribution in [3.8, 4) is 0 Å². The van der Waals surface area contributed by atoms with Gasteiger partial charge >= 0.3 is 0 Å². The zero-order chi connectivity index (χ0) is 27.1. The Hall–Kier alpha value is -2.18. The lowest BCUT2D eigenvalue weighted by atomic mass is 9.71. The average Bonchev–Trinajstić information content (AvgIpc) is 3.29. The van der Waals surface area contributed by atoms with Gasteiger partial charge in [-0.25, -0.2) is 4.98 Å². The van der Waals surface area contributed by atoms with Crippen molar-refractivity contribution in [2.24, 2.45) is 11.3 Å². The van der Waals surface area contributed by atoms with Crippen molar-refractivity contribution in [2.45, 2.75) is 98.2 Å². The van der Waals surface area contributed by atoms with Crippen LogP contribution in [0.5, 0.6) is 0 Å². The molecule has 1 unspecified atom stereocenters. The first-order valence-electron chi connectivity index (χ1n) is 15.3. The summed E-state index contributed by atoms with van der Waals surface area (Å²) in [5.74, 6) is 2.72. The highest BCUT2D eigenvalue weighted by Gasteiger charge is 2.39. The minimum Gasteiger partial charge on any atom is -0.375 e. The van der Waals surface area contributed by atoms with Crippen LogP contribution in [0.15, 0.2) is 36.5 Å². The molecule has 6 nitrogen and oxygen atoms in total. The largest absolute Gasteiger partial charge is 0.375 e. The van der Waals surface area contributed by atoms with Crippen molar-refractivity contribution in [1.29, 1.82) is 0 Å². The maximum absolute atomic E-state index is 6.16. The molecule has 2 aliphatic heterocycles. The number of piperidine rings is 1. The lowest BCUT2D eigenvalue weighted by Crippen LogP contribution is -2.54. The molecule has 6 heteroatoms. The second-order valence-electron chi connectivity index (χ2n) is 11.7. The smallest absolute Gasteiger partial charge is 0.236 e. The number of fused-ring (bicyclic) bond motifs is 3. The molecule has 210 valence electrons. The highest BCUT2D eigenvalue weighted by molar-refractivity contribution is 5.79. The Morgan fingerprint density at radius 2 is 1.66 bits per heavy atom. The number of likely N-dealkylation sites (tertiary alicyclic amines) is 1. The molecule has 2 saturated heterocycles. The van der Waals surface area contributed by atoms with Gasteiger partial charge < -0.3 is 14.5 Å². The number of nitrogens with zero attached hydrogens (tertiary/aromatic N) is 5. The Morgan fingerprint density at radius 1 is 0.974 bits per heavy atom. The molecule has 1 saturated carbocycles. The third-order valence-electron chi connectivity index (χ3n) is 8.81. The summed E-state index contributed by atoms with van der Waals surface area (Å²) in [6.45, 7) is 15.7. The van der Waals surface area contributed by atoms with Gasteiger partial charge in [-0.15, -0.1) is 0 Å². The van der Waals surface area contributed by atoms with Gasteiger partial charge in [0.05, 0.1) is 23.2 Å². The van der Waals surface area contributed by atoms with E-state index >= 15 is 0 Å². The Labute approximate surface area is 230 Å². The van der Waals surface area contributed by atoms with Crippen molar-refractivity contribution in [3.05, 3.63) is 36.5 Å². The van der Waals surface area contributed by atoms with Gasteiger partial charge in [0.15, 0.2) is 0 Å². The molecule has 0 N–H and O–H groups in total. The molecule has 3 fully saturated rings. The summed E-state index contributed by atoms with van der Waals surface area (Å²) in [4.78, 5) is 14.2. The second-order valence-corrected chi connectivity index (χ2v) is 11.7. The van der Waals surface area contributed by atoms with Crippen LogP contribution < -0.4 is 4.90 Å². The Kier molecular flexibility index (Phi) is 10.1. The number of rotatable bonds is 7. The molecular formula is C32H51N5O. The van der Waals surface area contributed by atoms with E-state index in [0.717, 1.165) is 54.5 Å². The fraction of sp³-hybridized carbons (Fsp3) is 0.688. The van der Waals surface area contributed by atoms with Gasteiger partial charge in [-0.2, -0.15) is 4.98 Å². The van der Waals surface area contributed by atoms with Gasteiger partial charge in [0.25, 0.3) is 0 Å². The first-order chi connectivity index (χ1) is 18.5. The quantitative estimate of drug-likeness (QED) is 0.329. The molecule has 3 aliphatic rings. The summed E-state index contributed by atoms with van der Waals surface area (Å²) >= 11 is 0. The monoisotopic (exact) mass is 521 g/mol. The van der Waals surface area contributed by atoms with Crippen LogP contribution in [0, 0.1) is 11.3 Å². The third kappa shape index (κ3) is 6.69. The third-order valence-corrected chi connectivity index (χ3v) is 8.81. The molecule has 6 rings (SSSR count). The van der Waals surface area contributed by atoms with Gasteiger partial charge in [-0.05, 0) is 81.5 Å².